The van der Waals surface area contributed by atoms with Crippen molar-refractivity contribution < 1.29 is 9.72 Å². The first-order valence-corrected chi connectivity index (χ1v) is 11.2. The molecular formula is C23H28N6O3. The maximum atomic E-state index is 12.3. The number of carbonyl (C=O) groups is 1. The van der Waals surface area contributed by atoms with Gasteiger partial charge in [-0.15, -0.1) is 0 Å². The fraction of sp³-hybridized carbons (Fsp3) is 0.435. The van der Waals surface area contributed by atoms with E-state index in [0.717, 1.165) is 64.0 Å². The van der Waals surface area contributed by atoms with E-state index in [1.807, 2.05) is 6.07 Å². The number of nitrogens with one attached hydrogen (secondary N) is 1. The van der Waals surface area contributed by atoms with Gasteiger partial charge in [0, 0.05) is 55.9 Å². The van der Waals surface area contributed by atoms with Gasteiger partial charge in [-0.2, -0.15) is 5.10 Å². The Hall–Kier alpha value is -3.49. The van der Waals surface area contributed by atoms with Gasteiger partial charge in [-0.05, 0) is 56.7 Å². The maximum Gasteiger partial charge on any atom is 0.293 e. The van der Waals surface area contributed by atoms with Crippen molar-refractivity contribution in [2.45, 2.75) is 38.5 Å². The second-order valence-corrected chi connectivity index (χ2v) is 8.19. The number of hydrazone groups is 1. The number of rotatable bonds is 6. The number of pyridine rings is 1. The van der Waals surface area contributed by atoms with Crippen molar-refractivity contribution in [3.05, 3.63) is 57.9 Å². The zero-order valence-corrected chi connectivity index (χ0v) is 18.1. The summed E-state index contributed by atoms with van der Waals surface area (Å²) in [7, 11) is 0. The highest BCUT2D eigenvalue weighted by Crippen LogP contribution is 2.37. The molecule has 9 heteroatoms. The third kappa shape index (κ3) is 5.04. The van der Waals surface area contributed by atoms with Crippen molar-refractivity contribution in [3.63, 3.8) is 0 Å². The molecule has 1 aromatic heterocycles. The normalized spacial score (nSPS) is 16.9. The quantitative estimate of drug-likeness (QED) is 0.420. The molecule has 9 nitrogen and oxygen atoms in total. The Bertz CT molecular complexity index is 983. The zero-order valence-electron chi connectivity index (χ0n) is 18.1. The lowest BCUT2D eigenvalue weighted by Crippen LogP contribution is -2.32. The largest absolute Gasteiger partial charge is 0.371 e. The molecule has 0 atom stereocenters. The fourth-order valence-corrected chi connectivity index (χ4v) is 4.35. The first kappa shape index (κ1) is 21.7. The molecule has 1 amide bonds. The summed E-state index contributed by atoms with van der Waals surface area (Å²) in [5, 5.41) is 16.0. The van der Waals surface area contributed by atoms with Crippen LogP contribution in [0.25, 0.3) is 0 Å². The number of hydrogen-bond donors (Lipinski definition) is 1. The molecule has 0 bridgehead atoms. The average molecular weight is 437 g/mol. The number of aromatic nitrogens is 1. The summed E-state index contributed by atoms with van der Waals surface area (Å²) in [4.78, 5) is 32.2. The number of benzene rings is 1. The van der Waals surface area contributed by atoms with E-state index >= 15 is 0 Å². The van der Waals surface area contributed by atoms with Gasteiger partial charge in [-0.1, -0.05) is 0 Å². The van der Waals surface area contributed by atoms with Crippen molar-refractivity contribution in [1.82, 2.24) is 10.4 Å². The highest BCUT2D eigenvalue weighted by molar-refractivity contribution is 5.96. The molecule has 0 aliphatic carbocycles. The summed E-state index contributed by atoms with van der Waals surface area (Å²) in [6.45, 7) is 3.46. The van der Waals surface area contributed by atoms with Crippen LogP contribution >= 0.6 is 0 Å². The summed E-state index contributed by atoms with van der Waals surface area (Å²) >= 11 is 0. The van der Waals surface area contributed by atoms with Crippen LogP contribution < -0.4 is 15.2 Å². The summed E-state index contributed by atoms with van der Waals surface area (Å²) in [5.41, 5.74) is 5.20. The average Bonchev–Trinajstić information content (AvgIpc) is 2.85. The smallest absolute Gasteiger partial charge is 0.293 e. The predicted molar refractivity (Wildman–Crippen MR) is 125 cm³/mol. The maximum absolute atomic E-state index is 12.3. The van der Waals surface area contributed by atoms with Gasteiger partial charge in [0.1, 0.15) is 5.69 Å². The molecule has 0 spiro atoms. The van der Waals surface area contributed by atoms with Crippen molar-refractivity contribution in [2.24, 2.45) is 5.10 Å². The van der Waals surface area contributed by atoms with E-state index in [2.05, 4.69) is 25.3 Å². The summed E-state index contributed by atoms with van der Waals surface area (Å²) in [6, 6.07) is 6.86. The van der Waals surface area contributed by atoms with Gasteiger partial charge in [0.25, 0.3) is 11.6 Å². The lowest BCUT2D eigenvalue weighted by Gasteiger charge is -2.33. The highest BCUT2D eigenvalue weighted by Gasteiger charge is 2.26. The van der Waals surface area contributed by atoms with Crippen LogP contribution in [0, 0.1) is 10.1 Å². The minimum Gasteiger partial charge on any atom is -0.371 e. The summed E-state index contributed by atoms with van der Waals surface area (Å²) < 4.78 is 0. The molecular weight excluding hydrogens is 408 g/mol. The number of nitrogens with zero attached hydrogens (tertiary/aromatic N) is 5. The number of hydrogen-bond acceptors (Lipinski definition) is 7. The standard InChI is InChI=1S/C23H28N6O3/c30-23(18-8-7-9-24-16-18)26-25-17-19-14-22(29(31)32)21(28-12-5-2-6-13-28)15-20(19)27-10-3-1-4-11-27/h7-9,14-17H,1-6,10-13H2,(H,26,30)/b25-17-. The molecule has 2 aromatic rings. The van der Waals surface area contributed by atoms with E-state index in [4.69, 9.17) is 0 Å². The van der Waals surface area contributed by atoms with Crippen LogP contribution in [0.5, 0.6) is 0 Å². The third-order valence-corrected chi connectivity index (χ3v) is 6.01. The van der Waals surface area contributed by atoms with Gasteiger partial charge in [0.2, 0.25) is 0 Å². The minimum atomic E-state index is -0.381. The van der Waals surface area contributed by atoms with Crippen LogP contribution in [0.3, 0.4) is 0 Å². The van der Waals surface area contributed by atoms with Gasteiger partial charge in [0.15, 0.2) is 0 Å². The minimum absolute atomic E-state index is 0.0766. The molecule has 0 saturated carbocycles. The van der Waals surface area contributed by atoms with Crippen molar-refractivity contribution in [1.29, 1.82) is 0 Å². The molecule has 2 fully saturated rings. The number of nitro groups is 1. The number of amides is 1. The van der Waals surface area contributed by atoms with Crippen LogP contribution in [0.1, 0.15) is 54.4 Å². The van der Waals surface area contributed by atoms with Gasteiger partial charge >= 0.3 is 0 Å². The van der Waals surface area contributed by atoms with E-state index in [9.17, 15) is 14.9 Å². The third-order valence-electron chi connectivity index (χ3n) is 6.01. The second kappa shape index (κ2) is 10.2. The van der Waals surface area contributed by atoms with Gasteiger partial charge in [-0.3, -0.25) is 19.9 Å². The lowest BCUT2D eigenvalue weighted by atomic mass is 10.0. The molecule has 1 N–H and O–H groups in total. The topological polar surface area (TPSA) is 104 Å². The van der Waals surface area contributed by atoms with E-state index in [0.29, 0.717) is 16.8 Å². The summed E-state index contributed by atoms with van der Waals surface area (Å²) in [6.07, 6.45) is 11.2. The van der Waals surface area contributed by atoms with E-state index in [1.54, 1.807) is 24.4 Å². The van der Waals surface area contributed by atoms with Crippen LogP contribution in [0.2, 0.25) is 0 Å². The Kier molecular flexibility index (Phi) is 6.94. The Balaban J connectivity index is 1.66. The summed E-state index contributed by atoms with van der Waals surface area (Å²) in [5.74, 6) is -0.381. The SMILES string of the molecule is O=C(N/N=C\c1cc([N+](=O)[O-])c(N2CCCCC2)cc1N1CCCCC1)c1cccnc1. The molecule has 2 aliphatic rings. The molecule has 168 valence electrons. The molecule has 0 radical (unpaired) electrons. The van der Waals surface area contributed by atoms with Crippen molar-refractivity contribution in [3.8, 4) is 0 Å². The van der Waals surface area contributed by atoms with Crippen LogP contribution in [0.15, 0.2) is 41.8 Å². The molecule has 4 rings (SSSR count). The fourth-order valence-electron chi connectivity index (χ4n) is 4.35. The number of anilines is 2. The molecule has 3 heterocycles. The van der Waals surface area contributed by atoms with Crippen LogP contribution in [0.4, 0.5) is 17.1 Å². The van der Waals surface area contributed by atoms with E-state index in [-0.39, 0.29) is 16.5 Å². The Morgan fingerprint density at radius 3 is 2.28 bits per heavy atom. The van der Waals surface area contributed by atoms with Crippen molar-refractivity contribution in [2.75, 3.05) is 36.0 Å². The lowest BCUT2D eigenvalue weighted by molar-refractivity contribution is -0.384. The zero-order chi connectivity index (χ0) is 22.3. The monoisotopic (exact) mass is 436 g/mol. The predicted octanol–water partition coefficient (Wildman–Crippen LogP) is 3.73. The van der Waals surface area contributed by atoms with Gasteiger partial charge in [0.05, 0.1) is 16.7 Å². The molecule has 2 aliphatic heterocycles. The van der Waals surface area contributed by atoms with Crippen LogP contribution in [-0.2, 0) is 0 Å². The molecule has 2 saturated heterocycles. The molecule has 32 heavy (non-hydrogen) atoms. The van der Waals surface area contributed by atoms with E-state index in [1.165, 1.54) is 18.8 Å². The first-order chi connectivity index (χ1) is 15.6. The first-order valence-electron chi connectivity index (χ1n) is 11.2. The number of piperidine rings is 2. The Morgan fingerprint density at radius 1 is 1.03 bits per heavy atom. The van der Waals surface area contributed by atoms with Crippen molar-refractivity contribution >= 4 is 29.2 Å². The Morgan fingerprint density at radius 2 is 1.69 bits per heavy atom. The van der Waals surface area contributed by atoms with Gasteiger partial charge in [-0.25, -0.2) is 5.43 Å². The van der Waals surface area contributed by atoms with Gasteiger partial charge < -0.3 is 9.80 Å². The Labute approximate surface area is 187 Å². The number of nitro benzene ring substituents is 1. The second-order valence-electron chi connectivity index (χ2n) is 8.19. The molecule has 0 unspecified atom stereocenters. The molecule has 1 aromatic carbocycles. The van der Waals surface area contributed by atoms with E-state index < -0.39 is 0 Å². The van der Waals surface area contributed by atoms with Crippen LogP contribution in [-0.4, -0.2) is 48.2 Å². The highest BCUT2D eigenvalue weighted by atomic mass is 16.6. The number of carbonyl (C=O) groups excluding carboxylic acids is 1.